The fourth-order valence-electron chi connectivity index (χ4n) is 1.47. The highest BCUT2D eigenvalue weighted by molar-refractivity contribution is 7.07. The number of nitrogens with zero attached hydrogens (tertiary/aromatic N) is 2. The smallest absolute Gasteiger partial charge is 0.189 e. The summed E-state index contributed by atoms with van der Waals surface area (Å²) in [7, 11) is 2.01. The van der Waals surface area contributed by atoms with Gasteiger partial charge in [0.2, 0.25) is 0 Å². The lowest BCUT2D eigenvalue weighted by molar-refractivity contribution is 0.873. The van der Waals surface area contributed by atoms with Gasteiger partial charge in [0.25, 0.3) is 0 Å². The van der Waals surface area contributed by atoms with E-state index in [4.69, 9.17) is 0 Å². The average Bonchev–Trinajstić information content (AvgIpc) is 2.57. The van der Waals surface area contributed by atoms with Crippen molar-refractivity contribution in [1.82, 2.24) is 4.57 Å². The minimum absolute atomic E-state index is 1.03. The summed E-state index contributed by atoms with van der Waals surface area (Å²) in [6, 6.07) is 6.33. The fourth-order valence-corrected chi connectivity index (χ4v) is 2.21. The lowest BCUT2D eigenvalue weighted by atomic mass is 10.1. The van der Waals surface area contributed by atoms with Gasteiger partial charge in [0.1, 0.15) is 0 Å². The van der Waals surface area contributed by atoms with Gasteiger partial charge in [0, 0.05) is 18.6 Å². The van der Waals surface area contributed by atoms with E-state index in [1.807, 2.05) is 23.2 Å². The van der Waals surface area contributed by atoms with Gasteiger partial charge >= 0.3 is 0 Å². The number of hydrogen-bond acceptors (Lipinski definition) is 2. The molecule has 0 atom stereocenters. The first-order valence-corrected chi connectivity index (χ1v) is 5.77. The molecule has 1 heterocycles. The summed E-state index contributed by atoms with van der Waals surface area (Å²) in [6.45, 7) is 4.20. The van der Waals surface area contributed by atoms with E-state index in [1.165, 1.54) is 11.1 Å². The number of aromatic nitrogens is 1. The zero-order valence-corrected chi connectivity index (χ0v) is 10.0. The molecule has 0 spiro atoms. The Bertz CT molecular complexity index is 535. The van der Waals surface area contributed by atoms with Crippen molar-refractivity contribution in [1.29, 1.82) is 0 Å². The van der Waals surface area contributed by atoms with E-state index < -0.39 is 0 Å². The third kappa shape index (κ3) is 2.18. The summed E-state index contributed by atoms with van der Waals surface area (Å²) in [5, 5.41) is 2.04. The molecule has 2 aromatic rings. The highest BCUT2D eigenvalue weighted by atomic mass is 32.1. The first-order valence-electron chi connectivity index (χ1n) is 4.89. The van der Waals surface area contributed by atoms with Crippen molar-refractivity contribution in [2.24, 2.45) is 12.0 Å². The maximum absolute atomic E-state index is 4.62. The second kappa shape index (κ2) is 4.03. The first-order chi connectivity index (χ1) is 7.16. The van der Waals surface area contributed by atoms with E-state index >= 15 is 0 Å². The van der Waals surface area contributed by atoms with E-state index in [2.05, 4.69) is 37.0 Å². The Balaban J connectivity index is 2.53. The van der Waals surface area contributed by atoms with Crippen LogP contribution in [0, 0.1) is 13.8 Å². The van der Waals surface area contributed by atoms with Gasteiger partial charge in [0.05, 0.1) is 5.69 Å². The second-order valence-corrected chi connectivity index (χ2v) is 4.57. The highest BCUT2D eigenvalue weighted by Crippen LogP contribution is 2.18. The van der Waals surface area contributed by atoms with Crippen LogP contribution in [-0.4, -0.2) is 4.57 Å². The Morgan fingerprint density at radius 1 is 1.27 bits per heavy atom. The monoisotopic (exact) mass is 218 g/mol. The molecule has 1 aromatic carbocycles. The lowest BCUT2D eigenvalue weighted by Gasteiger charge is -2.00. The standard InChI is InChI=1S/C12H14N2S/c1-9-4-5-11(10(2)8-9)13-12-14(3)6-7-15-12/h4-8H,1-3H3/b13-12-. The second-order valence-electron chi connectivity index (χ2n) is 3.70. The van der Waals surface area contributed by atoms with Gasteiger partial charge in [-0.05, 0) is 25.5 Å². The van der Waals surface area contributed by atoms with Gasteiger partial charge in [-0.3, -0.25) is 0 Å². The van der Waals surface area contributed by atoms with E-state index in [0.717, 1.165) is 10.5 Å². The SMILES string of the molecule is Cc1ccc(/N=c2\sccn2C)c(C)c1. The molecule has 0 bridgehead atoms. The molecule has 0 radical (unpaired) electrons. The summed E-state index contributed by atoms with van der Waals surface area (Å²) in [4.78, 5) is 5.65. The molecule has 0 aliphatic rings. The minimum atomic E-state index is 1.03. The predicted octanol–water partition coefficient (Wildman–Crippen LogP) is 2.94. The van der Waals surface area contributed by atoms with Gasteiger partial charge < -0.3 is 4.57 Å². The summed E-state index contributed by atoms with van der Waals surface area (Å²) in [5.41, 5.74) is 3.56. The first kappa shape index (κ1) is 10.2. The van der Waals surface area contributed by atoms with Gasteiger partial charge in [-0.1, -0.05) is 17.7 Å². The Kier molecular flexibility index (Phi) is 2.73. The molecule has 0 N–H and O–H groups in total. The zero-order valence-electron chi connectivity index (χ0n) is 9.19. The van der Waals surface area contributed by atoms with Gasteiger partial charge in [-0.15, -0.1) is 11.3 Å². The van der Waals surface area contributed by atoms with Crippen LogP contribution in [0.5, 0.6) is 0 Å². The van der Waals surface area contributed by atoms with Crippen LogP contribution in [0.1, 0.15) is 11.1 Å². The average molecular weight is 218 g/mol. The van der Waals surface area contributed by atoms with E-state index in [-0.39, 0.29) is 0 Å². The van der Waals surface area contributed by atoms with Crippen molar-refractivity contribution in [2.45, 2.75) is 13.8 Å². The van der Waals surface area contributed by atoms with E-state index in [1.54, 1.807) is 11.3 Å². The van der Waals surface area contributed by atoms with Crippen molar-refractivity contribution in [3.05, 3.63) is 45.7 Å². The summed E-state index contributed by atoms with van der Waals surface area (Å²) in [6.07, 6.45) is 2.02. The van der Waals surface area contributed by atoms with E-state index in [0.29, 0.717) is 0 Å². The van der Waals surface area contributed by atoms with Crippen molar-refractivity contribution in [2.75, 3.05) is 0 Å². The van der Waals surface area contributed by atoms with Crippen LogP contribution in [0.3, 0.4) is 0 Å². The number of thiazole rings is 1. The molecule has 2 rings (SSSR count). The lowest BCUT2D eigenvalue weighted by Crippen LogP contribution is -2.08. The van der Waals surface area contributed by atoms with Gasteiger partial charge in [-0.25, -0.2) is 4.99 Å². The summed E-state index contributed by atoms with van der Waals surface area (Å²) in [5.74, 6) is 0. The fraction of sp³-hybridized carbons (Fsp3) is 0.250. The van der Waals surface area contributed by atoms with Crippen LogP contribution in [0.2, 0.25) is 0 Å². The quantitative estimate of drug-likeness (QED) is 0.700. The topological polar surface area (TPSA) is 17.3 Å². The van der Waals surface area contributed by atoms with Crippen LogP contribution < -0.4 is 4.80 Å². The molecule has 2 nitrogen and oxygen atoms in total. The van der Waals surface area contributed by atoms with Crippen molar-refractivity contribution in [3.8, 4) is 0 Å². The molecule has 3 heteroatoms. The van der Waals surface area contributed by atoms with Crippen LogP contribution in [0.4, 0.5) is 5.69 Å². The van der Waals surface area contributed by atoms with Crippen LogP contribution in [0.25, 0.3) is 0 Å². The van der Waals surface area contributed by atoms with Gasteiger partial charge in [0.15, 0.2) is 4.80 Å². The molecular formula is C12H14N2S. The van der Waals surface area contributed by atoms with E-state index in [9.17, 15) is 0 Å². The van der Waals surface area contributed by atoms with Crippen molar-refractivity contribution < 1.29 is 0 Å². The van der Waals surface area contributed by atoms with Crippen LogP contribution in [0.15, 0.2) is 34.8 Å². The summed E-state index contributed by atoms with van der Waals surface area (Å²) < 4.78 is 2.03. The Hall–Kier alpha value is -1.35. The van der Waals surface area contributed by atoms with Crippen LogP contribution >= 0.6 is 11.3 Å². The Morgan fingerprint density at radius 3 is 2.67 bits per heavy atom. The largest absolute Gasteiger partial charge is 0.327 e. The Morgan fingerprint density at radius 2 is 2.07 bits per heavy atom. The third-order valence-electron chi connectivity index (χ3n) is 2.33. The number of aryl methyl sites for hydroxylation is 3. The zero-order chi connectivity index (χ0) is 10.8. The van der Waals surface area contributed by atoms with Crippen molar-refractivity contribution in [3.63, 3.8) is 0 Å². The minimum Gasteiger partial charge on any atom is -0.327 e. The molecule has 0 aliphatic heterocycles. The molecule has 0 aliphatic carbocycles. The third-order valence-corrected chi connectivity index (χ3v) is 3.18. The van der Waals surface area contributed by atoms with Gasteiger partial charge in [-0.2, -0.15) is 0 Å². The molecule has 0 amide bonds. The number of benzene rings is 1. The van der Waals surface area contributed by atoms with Crippen LogP contribution in [-0.2, 0) is 7.05 Å². The normalized spacial score (nSPS) is 12.1. The maximum atomic E-state index is 4.62. The molecule has 1 aromatic heterocycles. The number of hydrogen-bond donors (Lipinski definition) is 0. The number of rotatable bonds is 1. The predicted molar refractivity (Wildman–Crippen MR) is 64.4 cm³/mol. The maximum Gasteiger partial charge on any atom is 0.189 e. The van der Waals surface area contributed by atoms with Crippen molar-refractivity contribution >= 4 is 17.0 Å². The highest BCUT2D eigenvalue weighted by Gasteiger charge is 1.96. The molecule has 15 heavy (non-hydrogen) atoms. The molecule has 0 fully saturated rings. The molecular weight excluding hydrogens is 204 g/mol. The molecule has 0 unspecified atom stereocenters. The molecule has 0 saturated heterocycles. The Labute approximate surface area is 93.5 Å². The molecule has 0 saturated carbocycles. The molecule has 78 valence electrons. The summed E-state index contributed by atoms with van der Waals surface area (Å²) >= 11 is 1.65.